The van der Waals surface area contributed by atoms with Gasteiger partial charge in [0, 0.05) is 11.1 Å². The van der Waals surface area contributed by atoms with E-state index in [-0.39, 0.29) is 17.5 Å². The van der Waals surface area contributed by atoms with Crippen molar-refractivity contribution in [1.82, 2.24) is 9.66 Å². The molecule has 0 aliphatic carbocycles. The van der Waals surface area contributed by atoms with Gasteiger partial charge >= 0.3 is 6.18 Å². The average Bonchev–Trinajstić information content (AvgIpc) is 2.92. The van der Waals surface area contributed by atoms with E-state index in [9.17, 15) is 18.0 Å². The number of aromatic nitrogens is 2. The lowest BCUT2D eigenvalue weighted by atomic mass is 10.0. The number of benzene rings is 4. The Bertz CT molecular complexity index is 1720. The van der Waals surface area contributed by atoms with Crippen molar-refractivity contribution in [2.45, 2.75) is 32.5 Å². The maximum Gasteiger partial charge on any atom is 0.416 e. The normalized spacial score (nSPS) is 12.9. The van der Waals surface area contributed by atoms with Crippen LogP contribution in [0.5, 0.6) is 5.75 Å². The van der Waals surface area contributed by atoms with E-state index in [0.29, 0.717) is 22.2 Å². The summed E-state index contributed by atoms with van der Waals surface area (Å²) in [5, 5.41) is 6.61. The molecule has 4 aromatic carbocycles. The van der Waals surface area contributed by atoms with Crippen molar-refractivity contribution in [3.8, 4) is 17.1 Å². The Morgan fingerprint density at radius 3 is 2.47 bits per heavy atom. The maximum absolute atomic E-state index is 13.6. The van der Waals surface area contributed by atoms with Crippen molar-refractivity contribution >= 4 is 27.9 Å². The van der Waals surface area contributed by atoms with Gasteiger partial charge in [0.25, 0.3) is 5.56 Å². The fraction of sp³-hybridized carbons (Fsp3) is 0.167. The largest absolute Gasteiger partial charge is 0.490 e. The number of para-hydroxylation sites is 1. The molecule has 192 valence electrons. The van der Waals surface area contributed by atoms with E-state index in [1.807, 2.05) is 50.2 Å². The minimum absolute atomic E-state index is 0.000631. The van der Waals surface area contributed by atoms with Crippen molar-refractivity contribution in [3.63, 3.8) is 0 Å². The van der Waals surface area contributed by atoms with Crippen molar-refractivity contribution in [1.29, 1.82) is 0 Å². The minimum atomic E-state index is -4.55. The minimum Gasteiger partial charge on any atom is -0.490 e. The maximum atomic E-state index is 13.6. The van der Waals surface area contributed by atoms with Crippen LogP contribution in [0.1, 0.15) is 31.4 Å². The molecule has 1 atom stereocenters. The summed E-state index contributed by atoms with van der Waals surface area (Å²) in [5.74, 6) is 0.588. The molecular formula is C30H24F3N3O2. The molecule has 0 spiro atoms. The van der Waals surface area contributed by atoms with Gasteiger partial charge in [-0.05, 0) is 54.4 Å². The van der Waals surface area contributed by atoms with Gasteiger partial charge in [0.1, 0.15) is 5.75 Å². The van der Waals surface area contributed by atoms with Crippen LogP contribution in [0.4, 0.5) is 13.2 Å². The molecule has 5 aromatic rings. The van der Waals surface area contributed by atoms with E-state index in [4.69, 9.17) is 4.74 Å². The zero-order chi connectivity index (χ0) is 26.9. The van der Waals surface area contributed by atoms with Gasteiger partial charge in [0.2, 0.25) is 0 Å². The molecule has 0 radical (unpaired) electrons. The molecule has 38 heavy (non-hydrogen) atoms. The smallest absolute Gasteiger partial charge is 0.416 e. The Morgan fingerprint density at radius 1 is 0.974 bits per heavy atom. The number of hydrogen-bond donors (Lipinski definition) is 0. The number of fused-ring (bicyclic) bond motifs is 2. The molecule has 1 aromatic heterocycles. The Hall–Kier alpha value is -4.46. The van der Waals surface area contributed by atoms with E-state index < -0.39 is 17.3 Å². The summed E-state index contributed by atoms with van der Waals surface area (Å²) in [6.45, 7) is 3.97. The topological polar surface area (TPSA) is 56.5 Å². The molecule has 0 unspecified atom stereocenters. The second kappa shape index (κ2) is 10.1. The molecule has 0 bridgehead atoms. The first kappa shape index (κ1) is 25.2. The van der Waals surface area contributed by atoms with Crippen molar-refractivity contribution < 1.29 is 17.9 Å². The molecule has 0 aliphatic rings. The Kier molecular flexibility index (Phi) is 6.72. The molecule has 8 heteroatoms. The van der Waals surface area contributed by atoms with Crippen molar-refractivity contribution in [2.75, 3.05) is 0 Å². The lowest BCUT2D eigenvalue weighted by Crippen LogP contribution is -2.20. The first-order chi connectivity index (χ1) is 18.3. The van der Waals surface area contributed by atoms with Crippen molar-refractivity contribution in [2.24, 2.45) is 5.10 Å². The Balaban J connectivity index is 1.74. The summed E-state index contributed by atoms with van der Waals surface area (Å²) in [6, 6.07) is 22.9. The second-order valence-electron chi connectivity index (χ2n) is 8.93. The van der Waals surface area contributed by atoms with Crippen LogP contribution < -0.4 is 10.3 Å². The predicted molar refractivity (Wildman–Crippen MR) is 144 cm³/mol. The van der Waals surface area contributed by atoms with E-state index in [1.165, 1.54) is 18.3 Å². The number of alkyl halides is 3. The van der Waals surface area contributed by atoms with Crippen LogP contribution >= 0.6 is 0 Å². The zero-order valence-corrected chi connectivity index (χ0v) is 20.7. The highest BCUT2D eigenvalue weighted by Gasteiger charge is 2.31. The molecule has 5 rings (SSSR count). The molecule has 0 N–H and O–H groups in total. The van der Waals surface area contributed by atoms with Crippen LogP contribution in [0.2, 0.25) is 0 Å². The van der Waals surface area contributed by atoms with Crippen LogP contribution in [0, 0.1) is 0 Å². The Labute approximate surface area is 216 Å². The van der Waals surface area contributed by atoms with Gasteiger partial charge < -0.3 is 4.74 Å². The van der Waals surface area contributed by atoms with Crippen LogP contribution in [0.15, 0.2) is 94.8 Å². The summed E-state index contributed by atoms with van der Waals surface area (Å²) in [5.41, 5.74) is -0.204. The van der Waals surface area contributed by atoms with E-state index >= 15 is 0 Å². The summed E-state index contributed by atoms with van der Waals surface area (Å²) < 4.78 is 47.6. The monoisotopic (exact) mass is 515 g/mol. The number of hydrogen-bond acceptors (Lipinski definition) is 4. The molecule has 0 saturated heterocycles. The lowest BCUT2D eigenvalue weighted by Gasteiger charge is -2.16. The summed E-state index contributed by atoms with van der Waals surface area (Å²) in [6.07, 6.45) is -2.31. The number of ether oxygens (including phenoxy) is 1. The van der Waals surface area contributed by atoms with Crippen molar-refractivity contribution in [3.05, 3.63) is 106 Å². The molecule has 5 nitrogen and oxygen atoms in total. The van der Waals surface area contributed by atoms with Gasteiger partial charge in [0.05, 0.1) is 28.8 Å². The molecule has 0 amide bonds. The predicted octanol–water partition coefficient (Wildman–Crippen LogP) is 7.30. The molecule has 0 fully saturated rings. The third-order valence-corrected chi connectivity index (χ3v) is 6.34. The second-order valence-corrected chi connectivity index (χ2v) is 8.93. The molecular weight excluding hydrogens is 491 g/mol. The Morgan fingerprint density at radius 2 is 1.71 bits per heavy atom. The third kappa shape index (κ3) is 4.89. The summed E-state index contributed by atoms with van der Waals surface area (Å²) in [4.78, 5) is 18.1. The first-order valence-corrected chi connectivity index (χ1v) is 12.2. The van der Waals surface area contributed by atoms with Crippen LogP contribution in [0.25, 0.3) is 33.1 Å². The number of nitrogens with zero attached hydrogens (tertiary/aromatic N) is 3. The summed E-state index contributed by atoms with van der Waals surface area (Å²) >= 11 is 0. The highest BCUT2D eigenvalue weighted by molar-refractivity contribution is 6.02. The van der Waals surface area contributed by atoms with E-state index in [2.05, 4.69) is 10.1 Å². The van der Waals surface area contributed by atoms with Gasteiger partial charge in [0.15, 0.2) is 5.82 Å². The van der Waals surface area contributed by atoms with Crippen LogP contribution in [-0.4, -0.2) is 22.0 Å². The summed E-state index contributed by atoms with van der Waals surface area (Å²) in [7, 11) is 0. The highest BCUT2D eigenvalue weighted by Crippen LogP contribution is 2.32. The zero-order valence-electron chi connectivity index (χ0n) is 20.7. The quantitative estimate of drug-likeness (QED) is 0.223. The molecule has 0 saturated carbocycles. The van der Waals surface area contributed by atoms with Crippen LogP contribution in [-0.2, 0) is 6.18 Å². The van der Waals surface area contributed by atoms with Gasteiger partial charge in [-0.2, -0.15) is 22.9 Å². The number of rotatable bonds is 6. The van der Waals surface area contributed by atoms with Gasteiger partial charge in [-0.1, -0.05) is 61.5 Å². The van der Waals surface area contributed by atoms with E-state index in [1.54, 1.807) is 24.3 Å². The fourth-order valence-electron chi connectivity index (χ4n) is 4.18. The highest BCUT2D eigenvalue weighted by atomic mass is 19.4. The lowest BCUT2D eigenvalue weighted by molar-refractivity contribution is -0.137. The molecule has 0 aliphatic heterocycles. The van der Waals surface area contributed by atoms with Gasteiger partial charge in [-0.3, -0.25) is 4.79 Å². The average molecular weight is 516 g/mol. The number of halogens is 3. The molecule has 1 heterocycles. The fourth-order valence-corrected chi connectivity index (χ4v) is 4.18. The first-order valence-electron chi connectivity index (χ1n) is 12.2. The van der Waals surface area contributed by atoms with Gasteiger partial charge in [-0.25, -0.2) is 4.98 Å². The standard InChI is InChI=1S/C30H24F3N3O2/c1-3-19(2)38-27-16-15-20-9-4-5-12-23(20)25(27)18-34-36-28(21-10-8-11-22(17-21)30(31,32)33)35-26-14-7-6-13-24(26)29(36)37/h4-19H,3H2,1-2H3/t19-/m1/s1. The van der Waals surface area contributed by atoms with E-state index in [0.717, 1.165) is 34.0 Å². The van der Waals surface area contributed by atoms with Crippen LogP contribution in [0.3, 0.4) is 0 Å². The third-order valence-electron chi connectivity index (χ3n) is 6.34. The SMILES string of the molecule is CC[C@@H](C)Oc1ccc2ccccc2c1C=Nn1c(-c2cccc(C(F)(F)F)c2)nc2ccccc2c1=O. The van der Waals surface area contributed by atoms with Gasteiger partial charge in [-0.15, -0.1) is 0 Å².